The number of allylic oxidation sites excluding steroid dienone is 1. The molecule has 0 aliphatic heterocycles. The lowest BCUT2D eigenvalue weighted by Gasteiger charge is -2.04. The molecule has 0 nitrogen and oxygen atoms in total. The molecule has 0 aromatic heterocycles. The van der Waals surface area contributed by atoms with Crippen molar-refractivity contribution in [3.05, 3.63) is 11.6 Å². The molecular weight excluding hydrogens is 164 g/mol. The number of unbranched alkanes of at least 4 members (excludes halogenated alkanes) is 2. The molecule has 0 rings (SSSR count). The normalized spacial score (nSPS) is 9.92. The Morgan fingerprint density at radius 2 is 1.58 bits per heavy atom. The molecule has 0 heterocycles. The average Bonchev–Trinajstić information content (AvgIpc) is 2.10. The van der Waals surface area contributed by atoms with Gasteiger partial charge in [-0.05, 0) is 25.7 Å². The van der Waals surface area contributed by atoms with Gasteiger partial charge in [-0.15, -0.1) is 0 Å². The number of hydrogen-bond acceptors (Lipinski definition) is 1. The molecule has 0 N–H and O–H groups in total. The van der Waals surface area contributed by atoms with Gasteiger partial charge in [-0.25, -0.2) is 0 Å². The second-order valence-corrected chi connectivity index (χ2v) is 3.62. The number of hydrogen-bond donors (Lipinski definition) is 1. The van der Waals surface area contributed by atoms with Gasteiger partial charge in [0.15, 0.2) is 0 Å². The van der Waals surface area contributed by atoms with Crippen LogP contribution in [0.1, 0.15) is 52.4 Å². The van der Waals surface area contributed by atoms with E-state index in [1.165, 1.54) is 38.5 Å². The van der Waals surface area contributed by atoms with Gasteiger partial charge in [0.05, 0.1) is 0 Å². The quantitative estimate of drug-likeness (QED) is 0.446. The summed E-state index contributed by atoms with van der Waals surface area (Å²) < 4.78 is 0. The Bertz CT molecular complexity index is 106. The van der Waals surface area contributed by atoms with Gasteiger partial charge >= 0.3 is 0 Å². The molecule has 0 atom stereocenters. The summed E-state index contributed by atoms with van der Waals surface area (Å²) in [7, 11) is 0. The fraction of sp³-hybridized carbons (Fsp3) is 0.818. The van der Waals surface area contributed by atoms with Crippen LogP contribution in [0.25, 0.3) is 0 Å². The van der Waals surface area contributed by atoms with Crippen LogP contribution in [-0.4, -0.2) is 5.75 Å². The first-order valence-electron chi connectivity index (χ1n) is 5.13. The fourth-order valence-corrected chi connectivity index (χ4v) is 1.52. The highest BCUT2D eigenvalue weighted by Crippen LogP contribution is 2.14. The Kier molecular flexibility index (Phi) is 9.25. The van der Waals surface area contributed by atoms with E-state index in [-0.39, 0.29) is 0 Å². The predicted octanol–water partition coefficient (Wildman–Crippen LogP) is 4.22. The van der Waals surface area contributed by atoms with Gasteiger partial charge in [0.2, 0.25) is 0 Å². The highest BCUT2D eigenvalue weighted by molar-refractivity contribution is 7.80. The first kappa shape index (κ1) is 12.1. The minimum Gasteiger partial charge on any atom is -0.175 e. The van der Waals surface area contributed by atoms with Gasteiger partial charge in [-0.1, -0.05) is 38.3 Å². The standard InChI is InChI=1S/C11H22S/c1-3-5-7-11(9-10-12)8-6-4-2/h9,12H,3-8,10H2,1-2H3. The molecule has 1 heteroatoms. The van der Waals surface area contributed by atoms with Crippen molar-refractivity contribution < 1.29 is 0 Å². The molecule has 0 aliphatic rings. The minimum atomic E-state index is 0.906. The smallest absolute Gasteiger partial charge is 0.00851 e. The Hall–Kier alpha value is 0.0900. The van der Waals surface area contributed by atoms with E-state index in [0.29, 0.717) is 0 Å². The van der Waals surface area contributed by atoms with Crippen LogP contribution in [0, 0.1) is 0 Å². The van der Waals surface area contributed by atoms with Gasteiger partial charge in [0, 0.05) is 5.75 Å². The third-order valence-corrected chi connectivity index (χ3v) is 2.27. The molecular formula is C11H22S. The zero-order valence-electron chi connectivity index (χ0n) is 8.47. The maximum absolute atomic E-state index is 4.23. The highest BCUT2D eigenvalue weighted by Gasteiger charge is 1.95. The van der Waals surface area contributed by atoms with E-state index < -0.39 is 0 Å². The summed E-state index contributed by atoms with van der Waals surface area (Å²) in [4.78, 5) is 0. The molecule has 0 aliphatic carbocycles. The van der Waals surface area contributed by atoms with E-state index in [2.05, 4.69) is 32.6 Å². The van der Waals surface area contributed by atoms with Crippen molar-refractivity contribution in [2.45, 2.75) is 52.4 Å². The third kappa shape index (κ3) is 6.78. The van der Waals surface area contributed by atoms with Crippen molar-refractivity contribution in [3.63, 3.8) is 0 Å². The Morgan fingerprint density at radius 1 is 1.08 bits per heavy atom. The Labute approximate surface area is 82.9 Å². The fourth-order valence-electron chi connectivity index (χ4n) is 1.27. The molecule has 0 amide bonds. The molecule has 0 radical (unpaired) electrons. The van der Waals surface area contributed by atoms with Crippen molar-refractivity contribution >= 4 is 12.6 Å². The lowest BCUT2D eigenvalue weighted by molar-refractivity contribution is 0.712. The van der Waals surface area contributed by atoms with Crippen molar-refractivity contribution in [1.82, 2.24) is 0 Å². The van der Waals surface area contributed by atoms with Crippen LogP contribution in [0.4, 0.5) is 0 Å². The van der Waals surface area contributed by atoms with Crippen LogP contribution in [0.5, 0.6) is 0 Å². The van der Waals surface area contributed by atoms with E-state index in [1.54, 1.807) is 5.57 Å². The van der Waals surface area contributed by atoms with Gasteiger partial charge < -0.3 is 0 Å². The second kappa shape index (κ2) is 9.18. The second-order valence-electron chi connectivity index (χ2n) is 3.25. The molecule has 0 aromatic carbocycles. The molecule has 0 saturated heterocycles. The van der Waals surface area contributed by atoms with Crippen LogP contribution in [-0.2, 0) is 0 Å². The lowest BCUT2D eigenvalue weighted by atomic mass is 10.0. The number of thiol groups is 1. The lowest BCUT2D eigenvalue weighted by Crippen LogP contribution is -1.86. The summed E-state index contributed by atoms with van der Waals surface area (Å²) in [6.45, 7) is 4.50. The summed E-state index contributed by atoms with van der Waals surface area (Å²) in [6, 6.07) is 0. The summed E-state index contributed by atoms with van der Waals surface area (Å²) in [5.41, 5.74) is 1.62. The van der Waals surface area contributed by atoms with Gasteiger partial charge in [-0.2, -0.15) is 12.6 Å². The zero-order chi connectivity index (χ0) is 9.23. The summed E-state index contributed by atoms with van der Waals surface area (Å²) in [6.07, 6.45) is 10.1. The average molecular weight is 186 g/mol. The van der Waals surface area contributed by atoms with Crippen molar-refractivity contribution in [1.29, 1.82) is 0 Å². The maximum Gasteiger partial charge on any atom is 0.00851 e. The summed E-state index contributed by atoms with van der Waals surface area (Å²) in [5.74, 6) is 0.906. The van der Waals surface area contributed by atoms with Crippen LogP contribution in [0.15, 0.2) is 11.6 Å². The van der Waals surface area contributed by atoms with Gasteiger partial charge in [0.1, 0.15) is 0 Å². The molecule has 0 saturated carbocycles. The van der Waals surface area contributed by atoms with E-state index >= 15 is 0 Å². The van der Waals surface area contributed by atoms with E-state index in [0.717, 1.165) is 5.75 Å². The Morgan fingerprint density at radius 3 is 1.92 bits per heavy atom. The molecule has 0 unspecified atom stereocenters. The topological polar surface area (TPSA) is 0 Å². The first-order chi connectivity index (χ1) is 5.85. The van der Waals surface area contributed by atoms with E-state index in [4.69, 9.17) is 0 Å². The monoisotopic (exact) mass is 186 g/mol. The van der Waals surface area contributed by atoms with Gasteiger partial charge in [0.25, 0.3) is 0 Å². The molecule has 12 heavy (non-hydrogen) atoms. The van der Waals surface area contributed by atoms with E-state index in [1.807, 2.05) is 0 Å². The van der Waals surface area contributed by atoms with Crippen LogP contribution in [0.2, 0.25) is 0 Å². The largest absolute Gasteiger partial charge is 0.175 e. The predicted molar refractivity (Wildman–Crippen MR) is 61.0 cm³/mol. The first-order valence-corrected chi connectivity index (χ1v) is 5.77. The summed E-state index contributed by atoms with van der Waals surface area (Å²) in [5, 5.41) is 0. The van der Waals surface area contributed by atoms with Gasteiger partial charge in [-0.3, -0.25) is 0 Å². The molecule has 0 fully saturated rings. The minimum absolute atomic E-state index is 0.906. The van der Waals surface area contributed by atoms with Crippen LogP contribution >= 0.6 is 12.6 Å². The molecule has 0 bridgehead atoms. The third-order valence-electron chi connectivity index (χ3n) is 2.08. The SMILES string of the molecule is CCCCC(=CCS)CCCC. The van der Waals surface area contributed by atoms with Crippen LogP contribution < -0.4 is 0 Å². The molecule has 0 spiro atoms. The van der Waals surface area contributed by atoms with Crippen LogP contribution in [0.3, 0.4) is 0 Å². The van der Waals surface area contributed by atoms with Crippen molar-refractivity contribution in [2.24, 2.45) is 0 Å². The van der Waals surface area contributed by atoms with Crippen molar-refractivity contribution in [3.8, 4) is 0 Å². The maximum atomic E-state index is 4.23. The summed E-state index contributed by atoms with van der Waals surface area (Å²) >= 11 is 4.23. The van der Waals surface area contributed by atoms with Crippen molar-refractivity contribution in [2.75, 3.05) is 5.75 Å². The van der Waals surface area contributed by atoms with E-state index in [9.17, 15) is 0 Å². The molecule has 72 valence electrons. The molecule has 0 aromatic rings. The number of rotatable bonds is 7. The zero-order valence-corrected chi connectivity index (χ0v) is 9.37. The highest BCUT2D eigenvalue weighted by atomic mass is 32.1. The Balaban J connectivity index is 3.62.